The van der Waals surface area contributed by atoms with Crippen molar-refractivity contribution in [1.82, 2.24) is 4.72 Å². The van der Waals surface area contributed by atoms with Gasteiger partial charge in [0.15, 0.2) is 5.04 Å². The lowest BCUT2D eigenvalue weighted by atomic mass is 10.1. The Morgan fingerprint density at radius 2 is 1.76 bits per heavy atom. The number of amides is 1. The van der Waals surface area contributed by atoms with Crippen molar-refractivity contribution in [1.29, 1.82) is 0 Å². The van der Waals surface area contributed by atoms with E-state index in [0.717, 1.165) is 18.2 Å². The molecular formula is C19H16ClF3N2O3S. The normalized spacial score (nSPS) is 17.1. The lowest BCUT2D eigenvalue weighted by Crippen LogP contribution is -2.40. The number of benzene rings is 2. The first-order valence-corrected chi connectivity index (χ1v) is 10.3. The van der Waals surface area contributed by atoms with Gasteiger partial charge in [-0.05, 0) is 50.2 Å². The number of nitrogens with zero attached hydrogens (tertiary/aromatic N) is 1. The summed E-state index contributed by atoms with van der Waals surface area (Å²) in [5.41, 5.74) is -2.05. The summed E-state index contributed by atoms with van der Waals surface area (Å²) in [4.78, 5) is 17.7. The first kappa shape index (κ1) is 21.2. The predicted octanol–water partition coefficient (Wildman–Crippen LogP) is 4.21. The maximum Gasteiger partial charge on any atom is 0.262 e. The molecule has 0 spiro atoms. The first-order chi connectivity index (χ1) is 13.5. The van der Waals surface area contributed by atoms with E-state index >= 15 is 4.39 Å². The molecule has 29 heavy (non-hydrogen) atoms. The zero-order valence-electron chi connectivity index (χ0n) is 15.3. The average Bonchev–Trinajstić information content (AvgIpc) is 3.02. The predicted molar refractivity (Wildman–Crippen MR) is 106 cm³/mol. The van der Waals surface area contributed by atoms with Gasteiger partial charge in [0.05, 0.1) is 5.56 Å². The third-order valence-electron chi connectivity index (χ3n) is 4.06. The van der Waals surface area contributed by atoms with Gasteiger partial charge in [0.2, 0.25) is 5.12 Å². The molecule has 1 amide bonds. The molecular weight excluding hydrogens is 429 g/mol. The lowest BCUT2D eigenvalue weighted by Gasteiger charge is -2.17. The Morgan fingerprint density at radius 1 is 1.17 bits per heavy atom. The largest absolute Gasteiger partial charge is 0.389 e. The summed E-state index contributed by atoms with van der Waals surface area (Å²) in [7, 11) is -4.31. The Hall–Kier alpha value is -2.52. The van der Waals surface area contributed by atoms with Crippen LogP contribution < -0.4 is 4.72 Å². The summed E-state index contributed by atoms with van der Waals surface area (Å²) in [6.07, 6.45) is -0.129. The van der Waals surface area contributed by atoms with Crippen molar-refractivity contribution in [3.63, 3.8) is 0 Å². The molecule has 1 N–H and O–H groups in total. The number of hydrogen-bond acceptors (Lipinski definition) is 4. The van der Waals surface area contributed by atoms with Gasteiger partial charge in [-0.3, -0.25) is 9.52 Å². The summed E-state index contributed by atoms with van der Waals surface area (Å²) in [6.45, 7) is 3.21. The minimum Gasteiger partial charge on any atom is -0.389 e. The van der Waals surface area contributed by atoms with Crippen molar-refractivity contribution in [2.45, 2.75) is 25.9 Å². The van der Waals surface area contributed by atoms with Crippen molar-refractivity contribution >= 4 is 37.4 Å². The fourth-order valence-electron chi connectivity index (χ4n) is 2.58. The highest BCUT2D eigenvalue weighted by atomic mass is 35.5. The first-order valence-electron chi connectivity index (χ1n) is 8.37. The smallest absolute Gasteiger partial charge is 0.262 e. The molecule has 0 radical (unpaired) electrons. The molecule has 1 unspecified atom stereocenters. The van der Waals surface area contributed by atoms with E-state index in [1.54, 1.807) is 13.8 Å². The molecule has 0 aliphatic carbocycles. The van der Waals surface area contributed by atoms with Crippen molar-refractivity contribution in [3.8, 4) is 0 Å². The highest BCUT2D eigenvalue weighted by Gasteiger charge is 2.38. The Balaban J connectivity index is 2.16. The molecule has 1 aliphatic rings. The summed E-state index contributed by atoms with van der Waals surface area (Å²) in [5.74, 6) is -3.48. The van der Waals surface area contributed by atoms with Crippen LogP contribution in [-0.4, -0.2) is 25.9 Å². The molecule has 3 rings (SSSR count). The van der Waals surface area contributed by atoms with E-state index in [4.69, 9.17) is 16.4 Å². The van der Waals surface area contributed by atoms with E-state index in [9.17, 15) is 17.8 Å². The Kier molecular flexibility index (Phi) is 5.64. The van der Waals surface area contributed by atoms with Crippen molar-refractivity contribution < 1.29 is 27.0 Å². The number of nitrogens with one attached hydrogen (secondary N) is 1. The molecule has 5 nitrogen and oxygen atoms in total. The van der Waals surface area contributed by atoms with Gasteiger partial charge in [-0.2, -0.15) is 4.39 Å². The van der Waals surface area contributed by atoms with Gasteiger partial charge in [0.25, 0.3) is 5.91 Å². The van der Waals surface area contributed by atoms with E-state index < -0.39 is 43.5 Å². The van der Waals surface area contributed by atoms with Crippen LogP contribution in [-0.2, 0) is 14.5 Å². The molecule has 10 heteroatoms. The third kappa shape index (κ3) is 4.25. The zero-order chi connectivity index (χ0) is 21.4. The second kappa shape index (κ2) is 7.72. The van der Waals surface area contributed by atoms with Crippen LogP contribution in [0.25, 0.3) is 0 Å². The number of carbonyl (C=O) groups is 1. The minimum atomic E-state index is -4.31. The van der Waals surface area contributed by atoms with Crippen molar-refractivity contribution in [2.24, 2.45) is 5.16 Å². The van der Waals surface area contributed by atoms with Crippen LogP contribution in [0.15, 0.2) is 47.6 Å². The number of halogens is 4. The topological polar surface area (TPSA) is 67.8 Å². The van der Waals surface area contributed by atoms with E-state index in [1.807, 2.05) is 0 Å². The standard InChI is InChI=1S/C19H16ClF3N2O3S/c1-19(2)10-15(24-28-19)29(27,17(23)16-13(21)4-3-5-14(16)22)25-18(26)11-6-8-12(20)9-7-11/h3-9H,10H2,1-2H3,(H,25,26,27). The molecule has 2 aromatic carbocycles. The molecule has 1 aliphatic heterocycles. The highest BCUT2D eigenvalue weighted by Crippen LogP contribution is 2.27. The van der Waals surface area contributed by atoms with Crippen LogP contribution in [0.5, 0.6) is 0 Å². The number of oxime groups is 1. The van der Waals surface area contributed by atoms with Crippen LogP contribution >= 0.6 is 11.6 Å². The summed E-state index contributed by atoms with van der Waals surface area (Å²) < 4.78 is 59.3. The van der Waals surface area contributed by atoms with E-state index in [2.05, 4.69) is 9.88 Å². The summed E-state index contributed by atoms with van der Waals surface area (Å²) in [6, 6.07) is 8.15. The molecule has 1 heterocycles. The second-order valence-electron chi connectivity index (χ2n) is 6.88. The summed E-state index contributed by atoms with van der Waals surface area (Å²) >= 11 is 5.78. The molecule has 0 saturated carbocycles. The van der Waals surface area contributed by atoms with Crippen molar-refractivity contribution in [2.75, 3.05) is 0 Å². The zero-order valence-corrected chi connectivity index (χ0v) is 16.9. The van der Waals surface area contributed by atoms with Gasteiger partial charge in [0.1, 0.15) is 26.9 Å². The molecule has 0 aromatic heterocycles. The molecule has 0 saturated heterocycles. The molecule has 1 atom stereocenters. The monoisotopic (exact) mass is 444 g/mol. The number of carbonyl (C=O) groups excluding carboxylic acids is 1. The fraction of sp³-hybridized carbons (Fsp3) is 0.211. The quantitative estimate of drug-likeness (QED) is 0.557. The van der Waals surface area contributed by atoms with Gasteiger partial charge in [-0.15, -0.1) is 0 Å². The molecule has 0 bridgehead atoms. The van der Waals surface area contributed by atoms with E-state index in [0.29, 0.717) is 5.02 Å². The third-order valence-corrected chi connectivity index (χ3v) is 6.37. The van der Waals surface area contributed by atoms with E-state index in [-0.39, 0.29) is 17.0 Å². The Labute approximate surface area is 170 Å². The highest BCUT2D eigenvalue weighted by molar-refractivity contribution is 8.14. The van der Waals surface area contributed by atoms with Crippen molar-refractivity contribution in [3.05, 3.63) is 70.2 Å². The summed E-state index contributed by atoms with van der Waals surface area (Å²) in [5, 5.41) is 1.92. The molecule has 0 fully saturated rings. The maximum absolute atomic E-state index is 15.3. The Morgan fingerprint density at radius 3 is 2.28 bits per heavy atom. The SMILES string of the molecule is CC1(C)CC(S(=O)(NC(=O)c2ccc(Cl)cc2)=C(F)c2c(F)cccc2F)=NO1. The van der Waals surface area contributed by atoms with Crippen LogP contribution in [0.4, 0.5) is 13.2 Å². The van der Waals surface area contributed by atoms with Crippen LogP contribution in [0.3, 0.4) is 0 Å². The number of hydrogen-bond donors (Lipinski definition) is 1. The van der Waals surface area contributed by atoms with Gasteiger partial charge in [-0.25, -0.2) is 13.0 Å². The minimum absolute atomic E-state index is 0.0164. The van der Waals surface area contributed by atoms with E-state index in [1.165, 1.54) is 24.3 Å². The van der Waals surface area contributed by atoms with Gasteiger partial charge >= 0.3 is 0 Å². The van der Waals surface area contributed by atoms with Gasteiger partial charge in [0, 0.05) is 17.0 Å². The van der Waals surface area contributed by atoms with Crippen LogP contribution in [0, 0.1) is 11.6 Å². The average molecular weight is 445 g/mol. The second-order valence-corrected chi connectivity index (χ2v) is 9.46. The fourth-order valence-corrected chi connectivity index (χ4v) is 4.68. The maximum atomic E-state index is 15.3. The van der Waals surface area contributed by atoms with Crippen LogP contribution in [0.1, 0.15) is 36.2 Å². The molecule has 154 valence electrons. The molecule has 2 aromatic rings. The van der Waals surface area contributed by atoms with Gasteiger partial charge < -0.3 is 4.84 Å². The lowest BCUT2D eigenvalue weighted by molar-refractivity contribution is 0.0123. The Bertz CT molecular complexity index is 1100. The van der Waals surface area contributed by atoms with Crippen LogP contribution in [0.2, 0.25) is 5.02 Å². The number of rotatable bonds is 2. The van der Waals surface area contributed by atoms with Gasteiger partial charge in [-0.1, -0.05) is 22.8 Å².